The minimum Gasteiger partial charge on any atom is -0.0814 e. The highest BCUT2D eigenvalue weighted by Gasteiger charge is 2.03. The topological polar surface area (TPSA) is 0 Å². The van der Waals surface area contributed by atoms with Gasteiger partial charge in [0.15, 0.2) is 0 Å². The third-order valence-electron chi connectivity index (χ3n) is 4.54. The Labute approximate surface area is 146 Å². The van der Waals surface area contributed by atoms with Crippen molar-refractivity contribution in [3.05, 3.63) is 94.6 Å². The highest BCUT2D eigenvalue weighted by atomic mass is 14.1. The molecule has 0 amide bonds. The average Bonchev–Trinajstić information content (AvgIpc) is 2.59. The zero-order chi connectivity index (χ0) is 16.8. The Kier molecular flexibility index (Phi) is 5.48. The van der Waals surface area contributed by atoms with Gasteiger partial charge in [0.2, 0.25) is 0 Å². The molecule has 0 aromatic heterocycles. The van der Waals surface area contributed by atoms with Gasteiger partial charge >= 0.3 is 0 Å². The van der Waals surface area contributed by atoms with Crippen LogP contribution in [0.15, 0.2) is 83.5 Å². The fourth-order valence-corrected chi connectivity index (χ4v) is 3.15. The first-order chi connectivity index (χ1) is 11.7. The molecule has 24 heavy (non-hydrogen) atoms. The molecule has 0 nitrogen and oxygen atoms in total. The van der Waals surface area contributed by atoms with Gasteiger partial charge in [0.1, 0.15) is 0 Å². The first-order valence-electron chi connectivity index (χ1n) is 8.90. The van der Waals surface area contributed by atoms with E-state index in [-0.39, 0.29) is 0 Å². The molecule has 2 aliphatic carbocycles. The summed E-state index contributed by atoms with van der Waals surface area (Å²) >= 11 is 0. The van der Waals surface area contributed by atoms with Crippen molar-refractivity contribution in [1.82, 2.24) is 0 Å². The van der Waals surface area contributed by atoms with Crippen molar-refractivity contribution < 1.29 is 0 Å². The summed E-state index contributed by atoms with van der Waals surface area (Å²) in [5.74, 6) is 0.648. The van der Waals surface area contributed by atoms with Gasteiger partial charge in [-0.1, -0.05) is 91.4 Å². The fraction of sp³-hybridized carbons (Fsp3) is 0.250. The van der Waals surface area contributed by atoms with Crippen LogP contribution in [-0.2, 0) is 0 Å². The molecule has 2 aliphatic rings. The molecule has 0 heterocycles. The SMILES string of the molecule is CC1=CCCC(C=Cc2ccc(C=CC3=CC=CC(C)C3)cc2)=C1. The first kappa shape index (κ1) is 16.5. The van der Waals surface area contributed by atoms with E-state index in [4.69, 9.17) is 0 Å². The Morgan fingerprint density at radius 2 is 1.58 bits per heavy atom. The summed E-state index contributed by atoms with van der Waals surface area (Å²) in [5, 5.41) is 0. The van der Waals surface area contributed by atoms with Crippen molar-refractivity contribution in [2.24, 2.45) is 5.92 Å². The lowest BCUT2D eigenvalue weighted by atomic mass is 9.95. The van der Waals surface area contributed by atoms with Crippen molar-refractivity contribution >= 4 is 12.2 Å². The molecule has 1 aromatic rings. The predicted molar refractivity (Wildman–Crippen MR) is 107 cm³/mol. The summed E-state index contributed by atoms with van der Waals surface area (Å²) < 4.78 is 0. The Bertz CT molecular complexity index is 746. The Hall–Kier alpha value is -2.34. The molecule has 0 saturated heterocycles. The third kappa shape index (κ3) is 4.83. The molecule has 0 bridgehead atoms. The second-order valence-corrected chi connectivity index (χ2v) is 6.85. The van der Waals surface area contributed by atoms with E-state index in [1.165, 1.54) is 27.8 Å². The van der Waals surface area contributed by atoms with Gasteiger partial charge in [-0.25, -0.2) is 0 Å². The molecule has 0 saturated carbocycles. The van der Waals surface area contributed by atoms with Crippen LogP contribution in [0.25, 0.3) is 12.2 Å². The highest BCUT2D eigenvalue weighted by Crippen LogP contribution is 2.21. The van der Waals surface area contributed by atoms with Crippen LogP contribution in [0.4, 0.5) is 0 Å². The van der Waals surface area contributed by atoms with Gasteiger partial charge in [-0.15, -0.1) is 0 Å². The smallest absolute Gasteiger partial charge is 0.0218 e. The maximum Gasteiger partial charge on any atom is -0.0218 e. The van der Waals surface area contributed by atoms with Gasteiger partial charge in [0.05, 0.1) is 0 Å². The zero-order valence-corrected chi connectivity index (χ0v) is 14.7. The van der Waals surface area contributed by atoms with Crippen LogP contribution in [0.2, 0.25) is 0 Å². The Morgan fingerprint density at radius 3 is 2.21 bits per heavy atom. The number of hydrogen-bond donors (Lipinski definition) is 0. The first-order valence-corrected chi connectivity index (χ1v) is 8.90. The molecule has 0 heteroatoms. The zero-order valence-electron chi connectivity index (χ0n) is 14.7. The molecular weight excluding hydrogens is 288 g/mol. The average molecular weight is 314 g/mol. The van der Waals surface area contributed by atoms with E-state index in [0.29, 0.717) is 5.92 Å². The van der Waals surface area contributed by atoms with Gasteiger partial charge < -0.3 is 0 Å². The van der Waals surface area contributed by atoms with Crippen molar-refractivity contribution in [3.8, 4) is 0 Å². The quantitative estimate of drug-likeness (QED) is 0.567. The molecule has 122 valence electrons. The van der Waals surface area contributed by atoms with Crippen LogP contribution in [-0.4, -0.2) is 0 Å². The van der Waals surface area contributed by atoms with Crippen molar-refractivity contribution in [2.45, 2.75) is 33.1 Å². The molecule has 0 radical (unpaired) electrons. The molecular formula is C24H26. The minimum atomic E-state index is 0.648. The summed E-state index contributed by atoms with van der Waals surface area (Å²) in [4.78, 5) is 0. The van der Waals surface area contributed by atoms with Crippen molar-refractivity contribution in [3.63, 3.8) is 0 Å². The summed E-state index contributed by atoms with van der Waals surface area (Å²) in [5.41, 5.74) is 6.72. The summed E-state index contributed by atoms with van der Waals surface area (Å²) in [6, 6.07) is 8.78. The molecule has 3 rings (SSSR count). The molecule has 1 unspecified atom stereocenters. The minimum absolute atomic E-state index is 0.648. The fourth-order valence-electron chi connectivity index (χ4n) is 3.15. The Balaban J connectivity index is 1.62. The number of allylic oxidation sites excluding steroid dienone is 10. The van der Waals surface area contributed by atoms with Crippen LogP contribution in [0.3, 0.4) is 0 Å². The normalized spacial score (nSPS) is 21.1. The second-order valence-electron chi connectivity index (χ2n) is 6.85. The van der Waals surface area contributed by atoms with Crippen LogP contribution in [0.1, 0.15) is 44.2 Å². The van der Waals surface area contributed by atoms with Gasteiger partial charge in [-0.2, -0.15) is 0 Å². The number of benzene rings is 1. The van der Waals surface area contributed by atoms with Crippen LogP contribution < -0.4 is 0 Å². The van der Waals surface area contributed by atoms with Gasteiger partial charge in [-0.3, -0.25) is 0 Å². The largest absolute Gasteiger partial charge is 0.0814 e. The van der Waals surface area contributed by atoms with Crippen molar-refractivity contribution in [2.75, 3.05) is 0 Å². The standard InChI is InChI=1S/C24H26/c1-19-5-3-7-23(17-19)15-13-21-9-11-22(12-10-21)14-16-24-8-4-6-20(2)18-24/h3,5-7,9-16,18-19H,4,8,17H2,1-2H3. The molecule has 0 spiro atoms. The van der Waals surface area contributed by atoms with E-state index < -0.39 is 0 Å². The molecule has 0 N–H and O–H groups in total. The lowest BCUT2D eigenvalue weighted by Crippen LogP contribution is -1.94. The van der Waals surface area contributed by atoms with Gasteiger partial charge in [0, 0.05) is 0 Å². The molecule has 0 fully saturated rings. The predicted octanol–water partition coefficient (Wildman–Crippen LogP) is 6.90. The van der Waals surface area contributed by atoms with E-state index in [1.54, 1.807) is 0 Å². The lowest BCUT2D eigenvalue weighted by Gasteiger charge is -2.10. The van der Waals surface area contributed by atoms with Crippen LogP contribution in [0.5, 0.6) is 0 Å². The summed E-state index contributed by atoms with van der Waals surface area (Å²) in [6.07, 6.45) is 23.6. The second kappa shape index (κ2) is 7.97. The Morgan fingerprint density at radius 1 is 0.917 bits per heavy atom. The van der Waals surface area contributed by atoms with E-state index in [1.807, 2.05) is 0 Å². The molecule has 1 atom stereocenters. The van der Waals surface area contributed by atoms with Crippen molar-refractivity contribution in [1.29, 1.82) is 0 Å². The van der Waals surface area contributed by atoms with Crippen LogP contribution in [0, 0.1) is 5.92 Å². The van der Waals surface area contributed by atoms with E-state index in [0.717, 1.165) is 19.3 Å². The summed E-state index contributed by atoms with van der Waals surface area (Å²) in [7, 11) is 0. The maximum atomic E-state index is 2.30. The van der Waals surface area contributed by atoms with Gasteiger partial charge in [0.25, 0.3) is 0 Å². The van der Waals surface area contributed by atoms with Gasteiger partial charge in [-0.05, 0) is 54.4 Å². The molecule has 1 aromatic carbocycles. The third-order valence-corrected chi connectivity index (χ3v) is 4.54. The summed E-state index contributed by atoms with van der Waals surface area (Å²) in [6.45, 7) is 4.43. The number of rotatable bonds is 4. The number of hydrogen-bond acceptors (Lipinski definition) is 0. The maximum absolute atomic E-state index is 2.30. The van der Waals surface area contributed by atoms with Crippen LogP contribution >= 0.6 is 0 Å². The monoisotopic (exact) mass is 314 g/mol. The highest BCUT2D eigenvalue weighted by molar-refractivity contribution is 5.59. The van der Waals surface area contributed by atoms with E-state index >= 15 is 0 Å². The molecule has 0 aliphatic heterocycles. The van der Waals surface area contributed by atoms with E-state index in [2.05, 4.69) is 92.8 Å². The van der Waals surface area contributed by atoms with E-state index in [9.17, 15) is 0 Å². The lowest BCUT2D eigenvalue weighted by molar-refractivity contribution is 0.718.